The van der Waals surface area contributed by atoms with Crippen molar-refractivity contribution in [2.45, 2.75) is 264 Å². The standard InChI is InChI=1S/C56H92O26/c1-21-8-13-56(72-19-21)22(2)34-29(82-56)15-28-26-7-6-24-14-25(9-11-54(24,4)27(26)10-12-55(28,34)5)74-51-45(70)41(66)46(32(18-59)77-51)79-53-48(47(38(63)31(17-58)76-53)80-52-44(69)40(65)36(61)30(16-57)75-52)81-49-42(67)37(62)33(20-71-49)78-50-43(68)39(64)35(60)23(3)73-50/h21-53,57-70H,6-20H2,1-5H3. The van der Waals surface area contributed by atoms with Crippen molar-refractivity contribution in [2.75, 3.05) is 33.0 Å². The maximum Gasteiger partial charge on any atom is 0.187 e. The summed E-state index contributed by atoms with van der Waals surface area (Å²) in [6.07, 6.45) is -32.0. The summed E-state index contributed by atoms with van der Waals surface area (Å²) < 4.78 is 73.5. The van der Waals surface area contributed by atoms with Crippen molar-refractivity contribution < 1.29 is 128 Å². The predicted octanol–water partition coefficient (Wildman–Crippen LogP) is -3.42. The second kappa shape index (κ2) is 24.4. The van der Waals surface area contributed by atoms with Crippen LogP contribution in [0.5, 0.6) is 0 Å². The van der Waals surface area contributed by atoms with E-state index in [0.29, 0.717) is 54.3 Å². The smallest absolute Gasteiger partial charge is 0.187 e. The second-order valence-electron chi connectivity index (χ2n) is 26.7. The van der Waals surface area contributed by atoms with Crippen LogP contribution in [-0.2, 0) is 56.8 Å². The minimum Gasteiger partial charge on any atom is -0.394 e. The topological polar surface area (TPSA) is 394 Å². The van der Waals surface area contributed by atoms with Crippen molar-refractivity contribution in [2.24, 2.45) is 52.3 Å². The van der Waals surface area contributed by atoms with Gasteiger partial charge < -0.3 is 128 Å². The average Bonchev–Trinajstić information content (AvgIpc) is 1.57. The molecule has 0 amide bonds. The molecule has 0 bridgehead atoms. The third-order valence-corrected chi connectivity index (χ3v) is 22.1. The van der Waals surface area contributed by atoms with E-state index in [-0.39, 0.29) is 23.0 Å². The van der Waals surface area contributed by atoms with E-state index in [1.54, 1.807) is 0 Å². The quantitative estimate of drug-likeness (QED) is 0.0799. The number of ether oxygens (including phenoxy) is 12. The Bertz CT molecular complexity index is 2120. The summed E-state index contributed by atoms with van der Waals surface area (Å²) in [6.45, 7) is 8.58. The molecule has 14 N–H and O–H groups in total. The first-order chi connectivity index (χ1) is 39.0. The zero-order valence-corrected chi connectivity index (χ0v) is 47.3. The molecule has 472 valence electrons. The molecule has 26 nitrogen and oxygen atoms in total. The number of hydrogen-bond acceptors (Lipinski definition) is 26. The molecule has 36 unspecified atom stereocenters. The van der Waals surface area contributed by atoms with Crippen LogP contribution in [0.15, 0.2) is 0 Å². The molecule has 11 fully saturated rings. The Morgan fingerprint density at radius 2 is 1.06 bits per heavy atom. The van der Waals surface area contributed by atoms with Crippen molar-refractivity contribution in [3.63, 3.8) is 0 Å². The van der Waals surface area contributed by atoms with E-state index < -0.39 is 180 Å². The van der Waals surface area contributed by atoms with Crippen LogP contribution in [0.25, 0.3) is 0 Å². The van der Waals surface area contributed by atoms with Gasteiger partial charge in [0.1, 0.15) is 110 Å². The van der Waals surface area contributed by atoms with E-state index in [4.69, 9.17) is 56.8 Å². The van der Waals surface area contributed by atoms with Gasteiger partial charge in [-0.2, -0.15) is 0 Å². The van der Waals surface area contributed by atoms with Crippen LogP contribution >= 0.6 is 0 Å². The number of aliphatic hydroxyl groups excluding tert-OH is 14. The normalized spacial score (nSPS) is 57.9. The maximum absolute atomic E-state index is 12.0. The molecule has 11 aliphatic rings. The van der Waals surface area contributed by atoms with E-state index in [0.717, 1.165) is 58.0 Å². The highest BCUT2D eigenvalue weighted by Crippen LogP contribution is 2.71. The van der Waals surface area contributed by atoms with Crippen LogP contribution in [0.1, 0.15) is 98.8 Å². The van der Waals surface area contributed by atoms with Gasteiger partial charge in [-0.3, -0.25) is 0 Å². The SMILES string of the molecule is CC1CCC2(OC1)OC1CC3C4CCC5CC(OC6OC(CO)C(OC7OC(CO)C(O)C(OC8OC(CO)C(O)C(O)C8O)C7OC7OCC(OC8OC(C)C(O)C(O)C8O)C(O)C7O)C(O)C6O)CCC5(C)C4CCC3(C)C1C2C. The molecule has 0 aromatic heterocycles. The molecule has 4 aliphatic carbocycles. The lowest BCUT2D eigenvalue weighted by molar-refractivity contribution is -0.405. The zero-order chi connectivity index (χ0) is 58.6. The van der Waals surface area contributed by atoms with Crippen molar-refractivity contribution in [1.29, 1.82) is 0 Å². The molecular weight excluding hydrogens is 1090 g/mol. The maximum atomic E-state index is 12.0. The minimum absolute atomic E-state index is 0.0631. The van der Waals surface area contributed by atoms with Crippen LogP contribution in [-0.4, -0.2) is 270 Å². The summed E-state index contributed by atoms with van der Waals surface area (Å²) in [5.74, 6) is 2.90. The van der Waals surface area contributed by atoms with Crippen molar-refractivity contribution in [1.82, 2.24) is 0 Å². The number of aliphatic hydroxyl groups is 14. The Labute approximate surface area is 476 Å². The Morgan fingerprint density at radius 3 is 1.76 bits per heavy atom. The van der Waals surface area contributed by atoms with Gasteiger partial charge in [-0.1, -0.05) is 27.7 Å². The largest absolute Gasteiger partial charge is 0.394 e. The van der Waals surface area contributed by atoms with E-state index in [2.05, 4.69) is 27.7 Å². The molecule has 7 saturated heterocycles. The van der Waals surface area contributed by atoms with E-state index in [9.17, 15) is 71.5 Å². The van der Waals surface area contributed by atoms with E-state index in [1.165, 1.54) is 6.92 Å². The van der Waals surface area contributed by atoms with Gasteiger partial charge in [-0.05, 0) is 111 Å². The predicted molar refractivity (Wildman–Crippen MR) is 273 cm³/mol. The fourth-order valence-corrected chi connectivity index (χ4v) is 17.3. The van der Waals surface area contributed by atoms with Crippen LogP contribution < -0.4 is 0 Å². The molecule has 7 heterocycles. The van der Waals surface area contributed by atoms with Crippen LogP contribution in [0.4, 0.5) is 0 Å². The van der Waals surface area contributed by atoms with Crippen LogP contribution in [0, 0.1) is 52.3 Å². The van der Waals surface area contributed by atoms with Gasteiger partial charge >= 0.3 is 0 Å². The van der Waals surface area contributed by atoms with Gasteiger partial charge in [0.25, 0.3) is 0 Å². The molecule has 82 heavy (non-hydrogen) atoms. The van der Waals surface area contributed by atoms with Gasteiger partial charge in [0, 0.05) is 12.3 Å². The number of rotatable bonds is 13. The lowest BCUT2D eigenvalue weighted by atomic mass is 9.44. The molecule has 7 aliphatic heterocycles. The van der Waals surface area contributed by atoms with Crippen LogP contribution in [0.2, 0.25) is 0 Å². The van der Waals surface area contributed by atoms with Gasteiger partial charge in [0.2, 0.25) is 0 Å². The average molecular weight is 1180 g/mol. The Kier molecular flexibility index (Phi) is 18.6. The van der Waals surface area contributed by atoms with E-state index in [1.807, 2.05) is 0 Å². The van der Waals surface area contributed by atoms with E-state index >= 15 is 0 Å². The fraction of sp³-hybridized carbons (Fsp3) is 1.00. The minimum atomic E-state index is -2.05. The molecule has 1 spiro atoms. The summed E-state index contributed by atoms with van der Waals surface area (Å²) in [6, 6.07) is 0. The first kappa shape index (κ1) is 62.6. The summed E-state index contributed by atoms with van der Waals surface area (Å²) in [7, 11) is 0. The molecular formula is C56H92O26. The lowest BCUT2D eigenvalue weighted by Crippen LogP contribution is -2.68. The number of hydrogen-bond donors (Lipinski definition) is 14. The molecule has 0 aromatic rings. The third-order valence-electron chi connectivity index (χ3n) is 22.1. The highest BCUT2D eigenvalue weighted by Gasteiger charge is 2.69. The van der Waals surface area contributed by atoms with Gasteiger partial charge in [0.05, 0.1) is 51.3 Å². The summed E-state index contributed by atoms with van der Waals surface area (Å²) >= 11 is 0. The molecule has 26 heteroatoms. The van der Waals surface area contributed by atoms with Crippen molar-refractivity contribution in [3.8, 4) is 0 Å². The third kappa shape index (κ3) is 10.9. The monoisotopic (exact) mass is 1180 g/mol. The molecule has 36 atom stereocenters. The van der Waals surface area contributed by atoms with Gasteiger partial charge in [-0.15, -0.1) is 0 Å². The summed E-state index contributed by atoms with van der Waals surface area (Å²) in [5, 5.41) is 153. The zero-order valence-electron chi connectivity index (χ0n) is 47.3. The second-order valence-corrected chi connectivity index (χ2v) is 26.7. The lowest BCUT2D eigenvalue weighted by Gasteiger charge is -2.61. The molecule has 0 aromatic carbocycles. The molecule has 4 saturated carbocycles. The van der Waals surface area contributed by atoms with Gasteiger partial charge in [-0.25, -0.2) is 0 Å². The highest BCUT2D eigenvalue weighted by atomic mass is 16.8. The van der Waals surface area contributed by atoms with Crippen molar-refractivity contribution >= 4 is 0 Å². The molecule has 11 rings (SSSR count). The van der Waals surface area contributed by atoms with Gasteiger partial charge in [0.15, 0.2) is 37.2 Å². The van der Waals surface area contributed by atoms with Crippen LogP contribution in [0.3, 0.4) is 0 Å². The Hall–Kier alpha value is -1.04. The Morgan fingerprint density at radius 1 is 0.463 bits per heavy atom. The summed E-state index contributed by atoms with van der Waals surface area (Å²) in [4.78, 5) is 0. The van der Waals surface area contributed by atoms with Crippen molar-refractivity contribution in [3.05, 3.63) is 0 Å². The number of fused-ring (bicyclic) bond motifs is 7. The Balaban J connectivity index is 0.767. The first-order valence-corrected chi connectivity index (χ1v) is 30.1. The summed E-state index contributed by atoms with van der Waals surface area (Å²) in [5.41, 5.74) is 0.243. The highest BCUT2D eigenvalue weighted by molar-refractivity contribution is 5.16. The molecule has 0 radical (unpaired) electrons. The first-order valence-electron chi connectivity index (χ1n) is 30.1. The fourth-order valence-electron chi connectivity index (χ4n) is 17.3.